The molecular formula is C11H8BrNO3. The van der Waals surface area contributed by atoms with Gasteiger partial charge >= 0.3 is 5.97 Å². The van der Waals surface area contributed by atoms with Crippen LogP contribution < -0.4 is 0 Å². The van der Waals surface area contributed by atoms with Crippen LogP contribution in [0.2, 0.25) is 0 Å². The third-order valence-corrected chi connectivity index (χ3v) is 2.69. The predicted octanol–water partition coefficient (Wildman–Crippen LogP) is 2.49. The van der Waals surface area contributed by atoms with Gasteiger partial charge in [0.05, 0.1) is 18.8 Å². The molecule has 0 spiro atoms. The number of methoxy groups -OCH3 is 1. The number of aromatic hydroxyl groups is 1. The average Bonchev–Trinajstić information content (AvgIpc) is 2.28. The van der Waals surface area contributed by atoms with Crippen LogP contribution in [-0.2, 0) is 4.74 Å². The second-order valence-electron chi connectivity index (χ2n) is 3.17. The Morgan fingerprint density at radius 3 is 2.94 bits per heavy atom. The Morgan fingerprint density at radius 1 is 1.50 bits per heavy atom. The molecule has 0 saturated carbocycles. The van der Waals surface area contributed by atoms with Crippen molar-refractivity contribution in [2.45, 2.75) is 0 Å². The van der Waals surface area contributed by atoms with Crippen LogP contribution in [0.5, 0.6) is 5.75 Å². The maximum atomic E-state index is 11.5. The Bertz CT molecular complexity index is 563. The van der Waals surface area contributed by atoms with Gasteiger partial charge in [0, 0.05) is 9.86 Å². The SMILES string of the molecule is COC(=O)c1c(O)cnc2ccc(Br)cc12. The average molecular weight is 282 g/mol. The fourth-order valence-corrected chi connectivity index (χ4v) is 1.83. The maximum absolute atomic E-state index is 11.5. The van der Waals surface area contributed by atoms with Crippen LogP contribution in [-0.4, -0.2) is 23.2 Å². The summed E-state index contributed by atoms with van der Waals surface area (Å²) in [6.45, 7) is 0. The number of hydrogen-bond donors (Lipinski definition) is 1. The number of aromatic nitrogens is 1. The fourth-order valence-electron chi connectivity index (χ4n) is 1.47. The Morgan fingerprint density at radius 2 is 2.25 bits per heavy atom. The number of carbonyl (C=O) groups excluding carboxylic acids is 1. The van der Waals surface area contributed by atoms with Crippen LogP contribution in [0, 0.1) is 0 Å². The topological polar surface area (TPSA) is 59.4 Å². The van der Waals surface area contributed by atoms with E-state index in [0.717, 1.165) is 4.47 Å². The molecule has 0 aliphatic carbocycles. The van der Waals surface area contributed by atoms with Crippen molar-refractivity contribution < 1.29 is 14.6 Å². The van der Waals surface area contributed by atoms with Crippen molar-refractivity contribution in [1.82, 2.24) is 4.98 Å². The molecule has 16 heavy (non-hydrogen) atoms. The molecule has 0 bridgehead atoms. The number of hydrogen-bond acceptors (Lipinski definition) is 4. The number of halogens is 1. The molecule has 1 N–H and O–H groups in total. The molecule has 0 saturated heterocycles. The van der Waals surface area contributed by atoms with Gasteiger partial charge in [-0.3, -0.25) is 4.98 Å². The molecule has 0 atom stereocenters. The van der Waals surface area contributed by atoms with Crippen LogP contribution in [0.4, 0.5) is 0 Å². The molecule has 4 nitrogen and oxygen atoms in total. The van der Waals surface area contributed by atoms with Crippen molar-refractivity contribution in [2.75, 3.05) is 7.11 Å². The van der Waals surface area contributed by atoms with E-state index in [1.165, 1.54) is 13.3 Å². The van der Waals surface area contributed by atoms with Gasteiger partial charge in [-0.25, -0.2) is 4.79 Å². The minimum atomic E-state index is -0.581. The van der Waals surface area contributed by atoms with E-state index in [0.29, 0.717) is 10.9 Å². The van der Waals surface area contributed by atoms with Gasteiger partial charge in [-0.15, -0.1) is 0 Å². The van der Waals surface area contributed by atoms with E-state index in [9.17, 15) is 9.90 Å². The zero-order chi connectivity index (χ0) is 11.7. The molecule has 0 amide bonds. The van der Waals surface area contributed by atoms with Crippen molar-refractivity contribution in [1.29, 1.82) is 0 Å². The highest BCUT2D eigenvalue weighted by atomic mass is 79.9. The summed E-state index contributed by atoms with van der Waals surface area (Å²) in [5.41, 5.74) is 0.759. The Kier molecular flexibility index (Phi) is 2.78. The van der Waals surface area contributed by atoms with E-state index in [4.69, 9.17) is 0 Å². The molecule has 1 heterocycles. The predicted molar refractivity (Wildman–Crippen MR) is 62.4 cm³/mol. The number of carbonyl (C=O) groups is 1. The number of ether oxygens (including phenoxy) is 1. The molecule has 2 aromatic rings. The lowest BCUT2D eigenvalue weighted by Crippen LogP contribution is -2.03. The smallest absolute Gasteiger partial charge is 0.342 e. The molecule has 82 valence electrons. The molecule has 2 rings (SSSR count). The summed E-state index contributed by atoms with van der Waals surface area (Å²) in [7, 11) is 1.27. The molecule has 0 aliphatic rings. The van der Waals surface area contributed by atoms with Crippen LogP contribution in [0.25, 0.3) is 10.9 Å². The zero-order valence-corrected chi connectivity index (χ0v) is 9.98. The Labute approximate surface area is 100.0 Å². The van der Waals surface area contributed by atoms with Crippen molar-refractivity contribution in [3.05, 3.63) is 34.4 Å². The molecular weight excluding hydrogens is 274 g/mol. The highest BCUT2D eigenvalue weighted by Crippen LogP contribution is 2.28. The van der Waals surface area contributed by atoms with Gasteiger partial charge in [0.15, 0.2) is 0 Å². The van der Waals surface area contributed by atoms with Crippen molar-refractivity contribution in [3.8, 4) is 5.75 Å². The largest absolute Gasteiger partial charge is 0.505 e. The third kappa shape index (κ3) is 1.74. The lowest BCUT2D eigenvalue weighted by molar-refractivity contribution is 0.0599. The number of benzene rings is 1. The number of esters is 1. The molecule has 0 radical (unpaired) electrons. The quantitative estimate of drug-likeness (QED) is 0.816. The van der Waals surface area contributed by atoms with Gasteiger partial charge in [-0.2, -0.15) is 0 Å². The van der Waals surface area contributed by atoms with Crippen LogP contribution in [0.1, 0.15) is 10.4 Å². The van der Waals surface area contributed by atoms with E-state index >= 15 is 0 Å². The molecule has 0 unspecified atom stereocenters. The lowest BCUT2D eigenvalue weighted by Gasteiger charge is -2.06. The third-order valence-electron chi connectivity index (χ3n) is 2.20. The van der Waals surface area contributed by atoms with Crippen molar-refractivity contribution >= 4 is 32.8 Å². The van der Waals surface area contributed by atoms with E-state index in [1.54, 1.807) is 12.1 Å². The van der Waals surface area contributed by atoms with Gasteiger partial charge in [-0.1, -0.05) is 15.9 Å². The van der Waals surface area contributed by atoms with Gasteiger partial charge in [0.25, 0.3) is 0 Å². The number of nitrogens with zero attached hydrogens (tertiary/aromatic N) is 1. The van der Waals surface area contributed by atoms with Gasteiger partial charge in [-0.05, 0) is 18.2 Å². The summed E-state index contributed by atoms with van der Waals surface area (Å²) >= 11 is 3.30. The first-order valence-corrected chi connectivity index (χ1v) is 5.28. The fraction of sp³-hybridized carbons (Fsp3) is 0.0909. The van der Waals surface area contributed by atoms with Gasteiger partial charge in [0.1, 0.15) is 11.3 Å². The summed E-state index contributed by atoms with van der Waals surface area (Å²) in [6.07, 6.45) is 1.24. The molecule has 1 aromatic heterocycles. The summed E-state index contributed by atoms with van der Waals surface area (Å²) < 4.78 is 5.43. The van der Waals surface area contributed by atoms with E-state index in [-0.39, 0.29) is 11.3 Å². The van der Waals surface area contributed by atoms with Gasteiger partial charge < -0.3 is 9.84 Å². The molecule has 0 fully saturated rings. The van der Waals surface area contributed by atoms with E-state index in [1.807, 2.05) is 6.07 Å². The summed E-state index contributed by atoms with van der Waals surface area (Å²) in [4.78, 5) is 15.6. The number of fused-ring (bicyclic) bond motifs is 1. The van der Waals surface area contributed by atoms with Crippen LogP contribution in [0.15, 0.2) is 28.9 Å². The first-order valence-electron chi connectivity index (χ1n) is 4.49. The van der Waals surface area contributed by atoms with Crippen LogP contribution >= 0.6 is 15.9 Å². The number of pyridine rings is 1. The minimum absolute atomic E-state index is 0.133. The van der Waals surface area contributed by atoms with Crippen molar-refractivity contribution in [3.63, 3.8) is 0 Å². The summed E-state index contributed by atoms with van der Waals surface area (Å²) in [6, 6.07) is 5.28. The van der Waals surface area contributed by atoms with E-state index in [2.05, 4.69) is 25.7 Å². The molecule has 5 heteroatoms. The van der Waals surface area contributed by atoms with Crippen molar-refractivity contribution in [2.24, 2.45) is 0 Å². The van der Waals surface area contributed by atoms with Crippen LogP contribution in [0.3, 0.4) is 0 Å². The highest BCUT2D eigenvalue weighted by Gasteiger charge is 2.16. The summed E-state index contributed by atoms with van der Waals surface area (Å²) in [5, 5.41) is 10.2. The zero-order valence-electron chi connectivity index (χ0n) is 8.40. The standard InChI is InChI=1S/C11H8BrNO3/c1-16-11(15)10-7-4-6(12)2-3-8(7)13-5-9(10)14/h2-5,14H,1H3. The Hall–Kier alpha value is -1.62. The normalized spacial score (nSPS) is 10.4. The van der Waals surface area contributed by atoms with E-state index < -0.39 is 5.97 Å². The maximum Gasteiger partial charge on any atom is 0.342 e. The first-order chi connectivity index (χ1) is 7.63. The second kappa shape index (κ2) is 4.09. The second-order valence-corrected chi connectivity index (χ2v) is 4.09. The lowest BCUT2D eigenvalue weighted by atomic mass is 10.1. The first kappa shape index (κ1) is 10.9. The monoisotopic (exact) mass is 281 g/mol. The Balaban J connectivity index is 2.82. The number of rotatable bonds is 1. The highest BCUT2D eigenvalue weighted by molar-refractivity contribution is 9.10. The minimum Gasteiger partial charge on any atom is -0.505 e. The molecule has 0 aliphatic heterocycles. The molecule has 1 aromatic carbocycles. The summed E-state index contributed by atoms with van der Waals surface area (Å²) in [5.74, 6) is -0.763. The van der Waals surface area contributed by atoms with Gasteiger partial charge in [0.2, 0.25) is 0 Å².